The molecule has 0 amide bonds. The molecule has 0 aliphatic heterocycles. The fourth-order valence-corrected chi connectivity index (χ4v) is 1.62. The zero-order valence-electron chi connectivity index (χ0n) is 6.67. The Bertz CT molecular complexity index is 348. The lowest BCUT2D eigenvalue weighted by Crippen LogP contribution is -2.10. The van der Waals surface area contributed by atoms with Crippen LogP contribution in [0.5, 0.6) is 0 Å². The van der Waals surface area contributed by atoms with Gasteiger partial charge in [0, 0.05) is 12.2 Å². The van der Waals surface area contributed by atoms with E-state index in [0.29, 0.717) is 9.63 Å². The SMILES string of the molecule is N#CC[C@H](N)c1ccnc(Cl)c1Br. The number of pyridine rings is 1. The lowest BCUT2D eigenvalue weighted by atomic mass is 10.1. The van der Waals surface area contributed by atoms with Crippen molar-refractivity contribution in [1.29, 1.82) is 5.26 Å². The van der Waals surface area contributed by atoms with E-state index in [4.69, 9.17) is 22.6 Å². The van der Waals surface area contributed by atoms with Crippen molar-refractivity contribution in [3.63, 3.8) is 0 Å². The third-order valence-corrected chi connectivity index (χ3v) is 2.94. The maximum absolute atomic E-state index is 8.46. The molecule has 5 heteroatoms. The van der Waals surface area contributed by atoms with Crippen molar-refractivity contribution < 1.29 is 0 Å². The van der Waals surface area contributed by atoms with Crippen molar-refractivity contribution in [2.45, 2.75) is 12.5 Å². The van der Waals surface area contributed by atoms with Crippen LogP contribution in [0.1, 0.15) is 18.0 Å². The van der Waals surface area contributed by atoms with Gasteiger partial charge in [-0.05, 0) is 27.6 Å². The molecule has 0 saturated heterocycles. The van der Waals surface area contributed by atoms with Gasteiger partial charge < -0.3 is 5.73 Å². The minimum atomic E-state index is -0.320. The van der Waals surface area contributed by atoms with E-state index >= 15 is 0 Å². The van der Waals surface area contributed by atoms with Crippen LogP contribution in [0.15, 0.2) is 16.7 Å². The minimum absolute atomic E-state index is 0.263. The molecule has 0 bridgehead atoms. The molecular weight excluding hydrogens is 253 g/mol. The molecule has 1 rings (SSSR count). The summed E-state index contributed by atoms with van der Waals surface area (Å²) in [5.41, 5.74) is 6.54. The number of nitrogens with two attached hydrogens (primary N) is 1. The van der Waals surface area contributed by atoms with Gasteiger partial charge in [-0.25, -0.2) is 4.98 Å². The maximum Gasteiger partial charge on any atom is 0.143 e. The number of aromatic nitrogens is 1. The van der Waals surface area contributed by atoms with E-state index in [2.05, 4.69) is 20.9 Å². The first-order valence-electron chi connectivity index (χ1n) is 3.59. The van der Waals surface area contributed by atoms with Gasteiger partial charge in [0.05, 0.1) is 17.0 Å². The van der Waals surface area contributed by atoms with Crippen molar-refractivity contribution >= 4 is 27.5 Å². The molecule has 0 aromatic carbocycles. The van der Waals surface area contributed by atoms with Crippen molar-refractivity contribution in [2.24, 2.45) is 5.73 Å². The van der Waals surface area contributed by atoms with Crippen molar-refractivity contribution in [3.8, 4) is 6.07 Å². The minimum Gasteiger partial charge on any atom is -0.323 e. The van der Waals surface area contributed by atoms with Crippen LogP contribution in [0.2, 0.25) is 5.15 Å². The summed E-state index contributed by atoms with van der Waals surface area (Å²) < 4.78 is 0.666. The normalized spacial score (nSPS) is 12.2. The van der Waals surface area contributed by atoms with Crippen LogP contribution in [-0.2, 0) is 0 Å². The third kappa shape index (κ3) is 2.41. The first-order chi connectivity index (χ1) is 6.16. The monoisotopic (exact) mass is 259 g/mol. The molecule has 0 spiro atoms. The van der Waals surface area contributed by atoms with Crippen LogP contribution in [0.4, 0.5) is 0 Å². The second kappa shape index (κ2) is 4.56. The summed E-state index contributed by atoms with van der Waals surface area (Å²) in [7, 11) is 0. The van der Waals surface area contributed by atoms with E-state index in [1.54, 1.807) is 12.3 Å². The topological polar surface area (TPSA) is 62.7 Å². The van der Waals surface area contributed by atoms with Crippen LogP contribution < -0.4 is 5.73 Å². The van der Waals surface area contributed by atoms with E-state index in [1.165, 1.54) is 0 Å². The number of halogens is 2. The molecule has 1 aromatic rings. The number of nitrogens with zero attached hydrogens (tertiary/aromatic N) is 2. The Hall–Kier alpha value is -0.630. The van der Waals surface area contributed by atoms with Crippen LogP contribution in [0, 0.1) is 11.3 Å². The molecule has 13 heavy (non-hydrogen) atoms. The number of nitriles is 1. The van der Waals surface area contributed by atoms with Crippen molar-refractivity contribution in [3.05, 3.63) is 27.5 Å². The molecule has 0 saturated carbocycles. The Labute approximate surface area is 89.6 Å². The van der Waals surface area contributed by atoms with Crippen LogP contribution >= 0.6 is 27.5 Å². The molecular formula is C8H7BrClN3. The number of hydrogen-bond acceptors (Lipinski definition) is 3. The van der Waals surface area contributed by atoms with Crippen molar-refractivity contribution in [1.82, 2.24) is 4.98 Å². The van der Waals surface area contributed by atoms with Gasteiger partial charge in [-0.15, -0.1) is 0 Å². The zero-order valence-corrected chi connectivity index (χ0v) is 9.01. The Morgan fingerprint density at radius 2 is 2.46 bits per heavy atom. The van der Waals surface area contributed by atoms with Gasteiger partial charge in [0.25, 0.3) is 0 Å². The number of rotatable bonds is 2. The van der Waals surface area contributed by atoms with Crippen LogP contribution in [-0.4, -0.2) is 4.98 Å². The van der Waals surface area contributed by atoms with Gasteiger partial charge in [0.15, 0.2) is 0 Å². The Balaban J connectivity index is 3.02. The Morgan fingerprint density at radius 1 is 1.77 bits per heavy atom. The fourth-order valence-electron chi connectivity index (χ4n) is 0.927. The van der Waals surface area contributed by atoms with Gasteiger partial charge in [-0.1, -0.05) is 11.6 Å². The highest BCUT2D eigenvalue weighted by molar-refractivity contribution is 9.10. The van der Waals surface area contributed by atoms with Crippen LogP contribution in [0.3, 0.4) is 0 Å². The molecule has 3 nitrogen and oxygen atoms in total. The fraction of sp³-hybridized carbons (Fsp3) is 0.250. The molecule has 68 valence electrons. The first-order valence-corrected chi connectivity index (χ1v) is 4.76. The van der Waals surface area contributed by atoms with E-state index in [-0.39, 0.29) is 12.5 Å². The van der Waals surface area contributed by atoms with Crippen LogP contribution in [0.25, 0.3) is 0 Å². The summed E-state index contributed by atoms with van der Waals surface area (Å²) in [6, 6.07) is 3.43. The van der Waals surface area contributed by atoms with Gasteiger partial charge in [0.2, 0.25) is 0 Å². The average Bonchev–Trinajstić information content (AvgIpc) is 2.10. The van der Waals surface area contributed by atoms with E-state index in [1.807, 2.05) is 6.07 Å². The molecule has 0 aliphatic carbocycles. The van der Waals surface area contributed by atoms with Gasteiger partial charge in [-0.2, -0.15) is 5.26 Å². The lowest BCUT2D eigenvalue weighted by Gasteiger charge is -2.10. The highest BCUT2D eigenvalue weighted by atomic mass is 79.9. The summed E-state index contributed by atoms with van der Waals surface area (Å²) in [5.74, 6) is 0. The summed E-state index contributed by atoms with van der Waals surface area (Å²) >= 11 is 9.03. The van der Waals surface area contributed by atoms with Crippen molar-refractivity contribution in [2.75, 3.05) is 0 Å². The predicted octanol–water partition coefficient (Wildman–Crippen LogP) is 2.41. The summed E-state index contributed by atoms with van der Waals surface area (Å²) in [4.78, 5) is 3.86. The molecule has 1 heterocycles. The summed E-state index contributed by atoms with van der Waals surface area (Å²) in [6.07, 6.45) is 1.83. The predicted molar refractivity (Wildman–Crippen MR) is 54.1 cm³/mol. The van der Waals surface area contributed by atoms with E-state index in [0.717, 1.165) is 5.56 Å². The van der Waals surface area contributed by atoms with Gasteiger partial charge in [-0.3, -0.25) is 0 Å². The average molecular weight is 261 g/mol. The quantitative estimate of drug-likeness (QED) is 0.831. The smallest absolute Gasteiger partial charge is 0.143 e. The van der Waals surface area contributed by atoms with Gasteiger partial charge >= 0.3 is 0 Å². The largest absolute Gasteiger partial charge is 0.323 e. The number of hydrogen-bond donors (Lipinski definition) is 1. The Kier molecular flexibility index (Phi) is 3.67. The Morgan fingerprint density at radius 3 is 3.08 bits per heavy atom. The van der Waals surface area contributed by atoms with Gasteiger partial charge in [0.1, 0.15) is 5.15 Å². The summed E-state index contributed by atoms with van der Waals surface area (Å²) in [5, 5.41) is 8.83. The van der Waals surface area contributed by atoms with E-state index < -0.39 is 0 Å². The molecule has 1 aromatic heterocycles. The lowest BCUT2D eigenvalue weighted by molar-refractivity contribution is 0.742. The molecule has 0 aliphatic rings. The molecule has 1 atom stereocenters. The highest BCUT2D eigenvalue weighted by Crippen LogP contribution is 2.28. The zero-order chi connectivity index (χ0) is 9.84. The summed E-state index contributed by atoms with van der Waals surface area (Å²) in [6.45, 7) is 0. The second-order valence-electron chi connectivity index (χ2n) is 2.47. The third-order valence-electron chi connectivity index (χ3n) is 1.59. The molecule has 0 radical (unpaired) electrons. The molecule has 0 unspecified atom stereocenters. The second-order valence-corrected chi connectivity index (χ2v) is 3.62. The first kappa shape index (κ1) is 10.5. The maximum atomic E-state index is 8.46. The standard InChI is InChI=1S/C8H7BrClN3/c9-7-5(6(12)1-3-11)2-4-13-8(7)10/h2,4,6H,1,12H2/t6-/m0/s1. The van der Waals surface area contributed by atoms with E-state index in [9.17, 15) is 0 Å². The molecule has 2 N–H and O–H groups in total. The molecule has 0 fully saturated rings. The highest BCUT2D eigenvalue weighted by Gasteiger charge is 2.11.